The molecule has 0 unspecified atom stereocenters. The van der Waals surface area contributed by atoms with Crippen LogP contribution in [0.15, 0.2) is 29.7 Å². The van der Waals surface area contributed by atoms with Gasteiger partial charge < -0.3 is 20.3 Å². The van der Waals surface area contributed by atoms with Crippen molar-refractivity contribution < 1.29 is 19.1 Å². The molecule has 164 valence electrons. The van der Waals surface area contributed by atoms with E-state index in [2.05, 4.69) is 10.6 Å². The Bertz CT molecular complexity index is 937. The molecule has 31 heavy (non-hydrogen) atoms. The summed E-state index contributed by atoms with van der Waals surface area (Å²) in [5.41, 5.74) is -1.06. The molecule has 7 nitrogen and oxygen atoms in total. The van der Waals surface area contributed by atoms with E-state index in [0.717, 1.165) is 43.4 Å². The Morgan fingerprint density at radius 3 is 2.58 bits per heavy atom. The van der Waals surface area contributed by atoms with Gasteiger partial charge in [-0.3, -0.25) is 14.4 Å². The molecule has 2 saturated heterocycles. The van der Waals surface area contributed by atoms with E-state index in [0.29, 0.717) is 6.54 Å². The summed E-state index contributed by atoms with van der Waals surface area (Å²) in [6.07, 6.45) is 9.46. The number of thiophene rings is 1. The minimum atomic E-state index is -1.06. The van der Waals surface area contributed by atoms with E-state index in [4.69, 9.17) is 4.74 Å². The second-order valence-electron chi connectivity index (χ2n) is 9.52. The van der Waals surface area contributed by atoms with Gasteiger partial charge >= 0.3 is 0 Å². The molecule has 3 aliphatic heterocycles. The highest BCUT2D eigenvalue weighted by Crippen LogP contribution is 2.55. The highest BCUT2D eigenvalue weighted by atomic mass is 32.1. The van der Waals surface area contributed by atoms with E-state index in [1.54, 1.807) is 16.2 Å². The minimum Gasteiger partial charge on any atom is -0.359 e. The molecule has 6 rings (SSSR count). The van der Waals surface area contributed by atoms with Crippen molar-refractivity contribution in [1.29, 1.82) is 0 Å². The van der Waals surface area contributed by atoms with Crippen molar-refractivity contribution in [2.24, 2.45) is 11.8 Å². The number of nitrogens with one attached hydrogen (secondary N) is 2. The average Bonchev–Trinajstić information content (AvgIpc) is 3.24. The van der Waals surface area contributed by atoms with Gasteiger partial charge in [-0.2, -0.15) is 0 Å². The number of nitrogens with zero attached hydrogens (tertiary/aromatic N) is 1. The Hall–Kier alpha value is -2.19. The lowest BCUT2D eigenvalue weighted by atomic mass is 9.74. The predicted molar refractivity (Wildman–Crippen MR) is 114 cm³/mol. The fraction of sp³-hybridized carbons (Fsp3) is 0.609. The molecule has 2 aliphatic carbocycles. The maximum absolute atomic E-state index is 13.7. The molecule has 5 atom stereocenters. The zero-order valence-corrected chi connectivity index (χ0v) is 18.1. The molecule has 1 aromatic heterocycles. The number of rotatable bonds is 6. The molecule has 3 amide bonds. The normalized spacial score (nSPS) is 36.3. The van der Waals surface area contributed by atoms with Crippen LogP contribution in [0.1, 0.15) is 43.4 Å². The number of ether oxygens (including phenoxy) is 1. The average molecular weight is 442 g/mol. The van der Waals surface area contributed by atoms with E-state index in [1.807, 2.05) is 29.7 Å². The monoisotopic (exact) mass is 441 g/mol. The van der Waals surface area contributed by atoms with Crippen LogP contribution in [0.25, 0.3) is 0 Å². The summed E-state index contributed by atoms with van der Waals surface area (Å²) in [6.45, 7) is 0.357. The van der Waals surface area contributed by atoms with Crippen LogP contribution in [-0.4, -0.2) is 52.5 Å². The molecule has 8 heteroatoms. The Labute approximate surface area is 185 Å². The Balaban J connectivity index is 1.34. The first kappa shape index (κ1) is 19.5. The van der Waals surface area contributed by atoms with E-state index < -0.39 is 29.6 Å². The van der Waals surface area contributed by atoms with Crippen molar-refractivity contribution in [2.45, 2.75) is 74.9 Å². The van der Waals surface area contributed by atoms with Crippen molar-refractivity contribution in [1.82, 2.24) is 15.5 Å². The third-order valence-corrected chi connectivity index (χ3v) is 8.32. The van der Waals surface area contributed by atoms with Crippen LogP contribution in [0, 0.1) is 11.8 Å². The zero-order chi connectivity index (χ0) is 21.2. The third kappa shape index (κ3) is 3.06. The summed E-state index contributed by atoms with van der Waals surface area (Å²) in [5.74, 6) is -1.66. The molecule has 5 aliphatic rings. The quantitative estimate of drug-likeness (QED) is 0.659. The number of carbonyl (C=O) groups is 3. The summed E-state index contributed by atoms with van der Waals surface area (Å²) in [7, 11) is 0. The molecule has 4 heterocycles. The minimum absolute atomic E-state index is 0.120. The largest absolute Gasteiger partial charge is 0.359 e. The molecule has 2 N–H and O–H groups in total. The van der Waals surface area contributed by atoms with Crippen molar-refractivity contribution >= 4 is 29.1 Å². The van der Waals surface area contributed by atoms with Crippen molar-refractivity contribution in [2.75, 3.05) is 0 Å². The van der Waals surface area contributed by atoms with Gasteiger partial charge in [0, 0.05) is 17.0 Å². The van der Waals surface area contributed by atoms with Gasteiger partial charge in [0.1, 0.15) is 11.6 Å². The van der Waals surface area contributed by atoms with Crippen molar-refractivity contribution in [3.8, 4) is 0 Å². The van der Waals surface area contributed by atoms with Crippen LogP contribution in [-0.2, 0) is 25.7 Å². The van der Waals surface area contributed by atoms with Gasteiger partial charge in [-0.15, -0.1) is 11.3 Å². The van der Waals surface area contributed by atoms with Crippen molar-refractivity contribution in [3.63, 3.8) is 0 Å². The van der Waals surface area contributed by atoms with Crippen LogP contribution in [0.5, 0.6) is 0 Å². The molecule has 0 aromatic carbocycles. The van der Waals surface area contributed by atoms with E-state index in [9.17, 15) is 14.4 Å². The zero-order valence-electron chi connectivity index (χ0n) is 17.3. The van der Waals surface area contributed by atoms with Gasteiger partial charge in [0.25, 0.3) is 0 Å². The third-order valence-electron chi connectivity index (χ3n) is 7.46. The van der Waals surface area contributed by atoms with E-state index >= 15 is 0 Å². The van der Waals surface area contributed by atoms with Gasteiger partial charge in [-0.1, -0.05) is 31.1 Å². The first-order valence-corrected chi connectivity index (χ1v) is 12.3. The molecular weight excluding hydrogens is 414 g/mol. The maximum atomic E-state index is 13.7. The maximum Gasteiger partial charge on any atom is 0.246 e. The molecule has 1 spiro atoms. The first-order chi connectivity index (χ1) is 15.1. The standard InChI is InChI=1S/C23H27N3O4S/c27-20(24-14-7-8-14)17-16-9-10-23(30-16)18(17)22(29)26(12-15-6-3-11-31-15)19(23)21(28)25-13-4-1-2-5-13/h3,6,9-11,13-14,16-19H,1-2,4-5,7-8,12H2,(H,24,27)(H,25,28)/t16-,17+,18-,19+,23+/m1/s1. The topological polar surface area (TPSA) is 87.7 Å². The van der Waals surface area contributed by atoms with Crippen LogP contribution in [0.4, 0.5) is 0 Å². The van der Waals surface area contributed by atoms with Gasteiger partial charge in [-0.25, -0.2) is 0 Å². The molecule has 2 bridgehead atoms. The summed E-state index contributed by atoms with van der Waals surface area (Å²) in [4.78, 5) is 43.0. The molecule has 4 fully saturated rings. The van der Waals surface area contributed by atoms with Gasteiger partial charge in [0.15, 0.2) is 0 Å². The number of hydrogen-bond acceptors (Lipinski definition) is 5. The summed E-state index contributed by atoms with van der Waals surface area (Å²) < 4.78 is 6.35. The Morgan fingerprint density at radius 1 is 1.13 bits per heavy atom. The smallest absolute Gasteiger partial charge is 0.246 e. The van der Waals surface area contributed by atoms with Crippen molar-refractivity contribution in [3.05, 3.63) is 34.5 Å². The van der Waals surface area contributed by atoms with E-state index in [1.165, 1.54) is 0 Å². The summed E-state index contributed by atoms with van der Waals surface area (Å²) in [5, 5.41) is 8.20. The molecular formula is C23H27N3O4S. The number of fused-ring (bicyclic) bond motifs is 1. The second kappa shape index (κ2) is 7.17. The summed E-state index contributed by atoms with van der Waals surface area (Å²) >= 11 is 1.56. The lowest BCUT2D eigenvalue weighted by molar-refractivity contribution is -0.142. The number of likely N-dealkylation sites (tertiary alicyclic amines) is 1. The number of carbonyl (C=O) groups excluding carboxylic acids is 3. The van der Waals surface area contributed by atoms with Gasteiger partial charge in [0.2, 0.25) is 17.7 Å². The highest BCUT2D eigenvalue weighted by Gasteiger charge is 2.72. The fourth-order valence-corrected chi connectivity index (χ4v) is 6.59. The highest BCUT2D eigenvalue weighted by molar-refractivity contribution is 7.09. The second-order valence-corrected chi connectivity index (χ2v) is 10.6. The Morgan fingerprint density at radius 2 is 1.87 bits per heavy atom. The predicted octanol–water partition coefficient (Wildman–Crippen LogP) is 1.74. The van der Waals surface area contributed by atoms with Crippen LogP contribution in [0.2, 0.25) is 0 Å². The fourth-order valence-electron chi connectivity index (χ4n) is 5.88. The van der Waals surface area contributed by atoms with E-state index in [-0.39, 0.29) is 29.8 Å². The molecule has 0 radical (unpaired) electrons. The summed E-state index contributed by atoms with van der Waals surface area (Å²) in [6, 6.07) is 3.53. The lowest BCUT2D eigenvalue weighted by Gasteiger charge is -2.32. The Kier molecular flexibility index (Phi) is 4.51. The number of amides is 3. The van der Waals surface area contributed by atoms with Crippen LogP contribution in [0.3, 0.4) is 0 Å². The van der Waals surface area contributed by atoms with Gasteiger partial charge in [-0.05, 0) is 37.1 Å². The van der Waals surface area contributed by atoms with Crippen LogP contribution < -0.4 is 10.6 Å². The first-order valence-electron chi connectivity index (χ1n) is 11.4. The lowest BCUT2D eigenvalue weighted by Crippen LogP contribution is -2.55. The number of hydrogen-bond donors (Lipinski definition) is 2. The molecule has 1 aromatic rings. The van der Waals surface area contributed by atoms with Gasteiger partial charge in [0.05, 0.1) is 24.5 Å². The SMILES string of the molecule is O=C(NC1CC1)[C@H]1[C@H]2C=C[C@@]3(O2)[C@H](C(=O)NC2CCCC2)N(Cc2cccs2)C(=O)[C@@H]13. The van der Waals surface area contributed by atoms with Crippen LogP contribution >= 0.6 is 11.3 Å². The molecule has 2 saturated carbocycles.